The molecule has 0 fully saturated rings. The molecule has 1 atom stereocenters. The van der Waals surface area contributed by atoms with Crippen molar-refractivity contribution >= 4 is 17.9 Å². The Morgan fingerprint density at radius 2 is 0.639 bits per heavy atom. The summed E-state index contributed by atoms with van der Waals surface area (Å²) < 4.78 is 16.8. The Bertz CT molecular complexity index is 1120. The van der Waals surface area contributed by atoms with Gasteiger partial charge < -0.3 is 14.2 Å². The fraction of sp³-hybridized carbons (Fsp3) is 0.764. The van der Waals surface area contributed by atoms with Crippen LogP contribution in [0.25, 0.3) is 0 Å². The maximum absolute atomic E-state index is 12.8. The van der Waals surface area contributed by atoms with E-state index in [1.54, 1.807) is 0 Å². The van der Waals surface area contributed by atoms with Crippen molar-refractivity contribution in [3.63, 3.8) is 0 Å². The maximum atomic E-state index is 12.8. The highest BCUT2D eigenvalue weighted by Crippen LogP contribution is 2.15. The molecule has 0 aromatic carbocycles. The predicted molar refractivity (Wildman–Crippen MR) is 261 cm³/mol. The zero-order chi connectivity index (χ0) is 44.4. The zero-order valence-corrected chi connectivity index (χ0v) is 40.2. The smallest absolute Gasteiger partial charge is 0.306 e. The fourth-order valence-electron chi connectivity index (χ4n) is 7.13. The molecule has 6 nitrogen and oxygen atoms in total. The molecule has 0 saturated heterocycles. The lowest BCUT2D eigenvalue weighted by molar-refractivity contribution is -0.167. The number of allylic oxidation sites excluding steroid dienone is 10. The standard InChI is InChI=1S/C55H96O6/c1-4-7-10-13-16-19-22-25-27-30-32-35-38-41-44-47-53(56)59-50-52(61-55(58)49-46-43-40-37-34-29-24-21-18-15-12-9-6-3)51-60-54(57)48-45-42-39-36-33-31-28-26-23-20-17-14-11-8-5-2/h7,10,16,19,25-28,32,35,52H,4-6,8-9,11-15,17-18,20-24,29-31,33-34,36-51H2,1-3H3/b10-7-,19-16-,27-25-,28-26-,35-32-/t52-/m1/s1. The van der Waals surface area contributed by atoms with Crippen molar-refractivity contribution in [3.05, 3.63) is 60.8 Å². The predicted octanol–water partition coefficient (Wildman–Crippen LogP) is 16.9. The average molecular weight is 853 g/mol. The van der Waals surface area contributed by atoms with E-state index in [9.17, 15) is 14.4 Å². The summed E-state index contributed by atoms with van der Waals surface area (Å²) in [5.74, 6) is -0.935. The van der Waals surface area contributed by atoms with E-state index in [4.69, 9.17) is 14.2 Å². The van der Waals surface area contributed by atoms with Gasteiger partial charge in [-0.1, -0.05) is 210 Å². The van der Waals surface area contributed by atoms with Gasteiger partial charge in [0, 0.05) is 19.3 Å². The first-order chi connectivity index (χ1) is 30.0. The highest BCUT2D eigenvalue weighted by Gasteiger charge is 2.19. The average Bonchev–Trinajstić information content (AvgIpc) is 3.26. The van der Waals surface area contributed by atoms with Crippen molar-refractivity contribution < 1.29 is 28.6 Å². The first kappa shape index (κ1) is 58.1. The number of ether oxygens (including phenoxy) is 3. The minimum atomic E-state index is -0.791. The van der Waals surface area contributed by atoms with Crippen LogP contribution in [-0.4, -0.2) is 37.2 Å². The van der Waals surface area contributed by atoms with E-state index < -0.39 is 6.10 Å². The minimum Gasteiger partial charge on any atom is -0.462 e. The van der Waals surface area contributed by atoms with Crippen molar-refractivity contribution in [3.8, 4) is 0 Å². The molecule has 0 radical (unpaired) electrons. The van der Waals surface area contributed by atoms with Gasteiger partial charge in [0.05, 0.1) is 0 Å². The second-order valence-corrected chi connectivity index (χ2v) is 17.1. The van der Waals surface area contributed by atoms with E-state index in [2.05, 4.69) is 81.5 Å². The molecule has 0 heterocycles. The van der Waals surface area contributed by atoms with Crippen LogP contribution in [-0.2, 0) is 28.6 Å². The van der Waals surface area contributed by atoms with Gasteiger partial charge in [-0.2, -0.15) is 0 Å². The van der Waals surface area contributed by atoms with Gasteiger partial charge in [-0.15, -0.1) is 0 Å². The molecular formula is C55H96O6. The number of esters is 3. The van der Waals surface area contributed by atoms with Gasteiger partial charge in [-0.05, 0) is 83.5 Å². The van der Waals surface area contributed by atoms with E-state index in [1.165, 1.54) is 122 Å². The molecule has 0 rings (SSSR count). The van der Waals surface area contributed by atoms with Gasteiger partial charge in [-0.25, -0.2) is 0 Å². The highest BCUT2D eigenvalue weighted by molar-refractivity contribution is 5.71. The summed E-state index contributed by atoms with van der Waals surface area (Å²) in [6.45, 7) is 6.48. The molecule has 0 bridgehead atoms. The Hall–Kier alpha value is -2.89. The Kier molecular flexibility index (Phi) is 47.4. The summed E-state index contributed by atoms with van der Waals surface area (Å²) in [7, 11) is 0. The second-order valence-electron chi connectivity index (χ2n) is 17.1. The molecule has 0 N–H and O–H groups in total. The van der Waals surface area contributed by atoms with E-state index in [0.717, 1.165) is 89.9 Å². The summed E-state index contributed by atoms with van der Waals surface area (Å²) in [5, 5.41) is 0. The second kappa shape index (κ2) is 49.8. The lowest BCUT2D eigenvalue weighted by Gasteiger charge is -2.18. The van der Waals surface area contributed by atoms with Crippen LogP contribution in [0, 0.1) is 0 Å². The molecule has 0 aromatic heterocycles. The molecular weight excluding hydrogens is 757 g/mol. The van der Waals surface area contributed by atoms with Gasteiger partial charge in [0.25, 0.3) is 0 Å². The lowest BCUT2D eigenvalue weighted by atomic mass is 10.0. The van der Waals surface area contributed by atoms with Gasteiger partial charge >= 0.3 is 17.9 Å². The van der Waals surface area contributed by atoms with E-state index in [1.807, 2.05) is 0 Å². The molecule has 0 saturated carbocycles. The molecule has 0 spiro atoms. The third-order valence-corrected chi connectivity index (χ3v) is 11.0. The molecule has 0 amide bonds. The number of hydrogen-bond acceptors (Lipinski definition) is 6. The van der Waals surface area contributed by atoms with Crippen LogP contribution in [0.1, 0.15) is 252 Å². The quantitative estimate of drug-likeness (QED) is 0.0263. The van der Waals surface area contributed by atoms with Crippen molar-refractivity contribution in [2.24, 2.45) is 0 Å². The van der Waals surface area contributed by atoms with Gasteiger partial charge in [0.1, 0.15) is 13.2 Å². The van der Waals surface area contributed by atoms with Gasteiger partial charge in [-0.3, -0.25) is 14.4 Å². The van der Waals surface area contributed by atoms with Crippen LogP contribution in [0.2, 0.25) is 0 Å². The van der Waals surface area contributed by atoms with E-state index >= 15 is 0 Å². The number of carbonyl (C=O) groups excluding carboxylic acids is 3. The van der Waals surface area contributed by atoms with Crippen LogP contribution in [0.5, 0.6) is 0 Å². The molecule has 352 valence electrons. The van der Waals surface area contributed by atoms with Gasteiger partial charge in [0.2, 0.25) is 0 Å². The van der Waals surface area contributed by atoms with Crippen molar-refractivity contribution in [1.82, 2.24) is 0 Å². The Labute approximate surface area is 377 Å². The number of hydrogen-bond donors (Lipinski definition) is 0. The molecule has 61 heavy (non-hydrogen) atoms. The normalized spacial score (nSPS) is 12.5. The number of unbranched alkanes of at least 4 members (excludes halogenated alkanes) is 25. The monoisotopic (exact) mass is 853 g/mol. The van der Waals surface area contributed by atoms with Crippen molar-refractivity contribution in [2.45, 2.75) is 258 Å². The van der Waals surface area contributed by atoms with E-state index in [0.29, 0.717) is 19.3 Å². The lowest BCUT2D eigenvalue weighted by Crippen LogP contribution is -2.30. The number of rotatable bonds is 46. The topological polar surface area (TPSA) is 78.9 Å². The zero-order valence-electron chi connectivity index (χ0n) is 40.2. The highest BCUT2D eigenvalue weighted by atomic mass is 16.6. The summed E-state index contributed by atoms with van der Waals surface area (Å²) in [4.78, 5) is 37.9. The summed E-state index contributed by atoms with van der Waals surface area (Å²) in [6, 6.07) is 0. The van der Waals surface area contributed by atoms with Crippen LogP contribution in [0.3, 0.4) is 0 Å². The van der Waals surface area contributed by atoms with Crippen LogP contribution in [0.4, 0.5) is 0 Å². The fourth-order valence-corrected chi connectivity index (χ4v) is 7.13. The minimum absolute atomic E-state index is 0.0899. The molecule has 6 heteroatoms. The SMILES string of the molecule is CC/C=C\C/C=C\C/C=C\C/C=C\CCCCC(=O)OC[C@H](COC(=O)CCCCCCC/C=C\CCCCCCCC)OC(=O)CCCCCCCCCCCCCCC. The Morgan fingerprint density at radius 1 is 0.344 bits per heavy atom. The van der Waals surface area contributed by atoms with Crippen LogP contribution >= 0.6 is 0 Å². The maximum Gasteiger partial charge on any atom is 0.306 e. The number of carbonyl (C=O) groups is 3. The largest absolute Gasteiger partial charge is 0.462 e. The summed E-state index contributed by atoms with van der Waals surface area (Å²) in [5.41, 5.74) is 0. The molecule has 0 aliphatic heterocycles. The molecule has 0 aliphatic carbocycles. The molecule has 0 aliphatic rings. The summed E-state index contributed by atoms with van der Waals surface area (Å²) >= 11 is 0. The van der Waals surface area contributed by atoms with E-state index in [-0.39, 0.29) is 31.1 Å². The Balaban J connectivity index is 4.44. The molecule has 0 aromatic rings. The van der Waals surface area contributed by atoms with Crippen LogP contribution in [0.15, 0.2) is 60.8 Å². The Morgan fingerprint density at radius 3 is 1.05 bits per heavy atom. The third kappa shape index (κ3) is 48.0. The summed E-state index contributed by atoms with van der Waals surface area (Å²) in [6.07, 6.45) is 60.6. The van der Waals surface area contributed by atoms with Crippen molar-refractivity contribution in [2.75, 3.05) is 13.2 Å². The van der Waals surface area contributed by atoms with Crippen molar-refractivity contribution in [1.29, 1.82) is 0 Å². The molecule has 0 unspecified atom stereocenters. The van der Waals surface area contributed by atoms with Crippen LogP contribution < -0.4 is 0 Å². The first-order valence-electron chi connectivity index (χ1n) is 25.8. The van der Waals surface area contributed by atoms with Gasteiger partial charge in [0.15, 0.2) is 6.10 Å². The first-order valence-corrected chi connectivity index (χ1v) is 25.8. The third-order valence-electron chi connectivity index (χ3n) is 11.0.